The Hall–Kier alpha value is -3.08. The highest BCUT2D eigenvalue weighted by Crippen LogP contribution is 2.20. The fourth-order valence-corrected chi connectivity index (χ4v) is 2.69. The summed E-state index contributed by atoms with van der Waals surface area (Å²) in [4.78, 5) is 12.2. The minimum absolute atomic E-state index is 0.551. The predicted octanol–water partition coefficient (Wildman–Crippen LogP) is 4.66. The largest absolute Gasteiger partial charge is 0.289 e. The molecule has 0 spiro atoms. The molecular formula is C20H16F2N2O. The van der Waals surface area contributed by atoms with Gasteiger partial charge in [-0.15, -0.1) is 0 Å². The number of carbonyl (C=O) groups is 1. The van der Waals surface area contributed by atoms with E-state index in [-0.39, 0.29) is 0 Å². The lowest BCUT2D eigenvalue weighted by molar-refractivity contribution is 0.104. The maximum atomic E-state index is 13.7. The third-order valence-electron chi connectivity index (χ3n) is 3.96. The van der Waals surface area contributed by atoms with Gasteiger partial charge in [-0.05, 0) is 50.3 Å². The molecule has 0 saturated carbocycles. The quantitative estimate of drug-likeness (QED) is 0.512. The molecule has 0 aliphatic rings. The molecule has 0 aliphatic carbocycles. The van der Waals surface area contributed by atoms with Crippen molar-refractivity contribution < 1.29 is 13.6 Å². The molecule has 3 rings (SSSR count). The molecule has 0 saturated heterocycles. The van der Waals surface area contributed by atoms with E-state index < -0.39 is 23.0 Å². The average molecular weight is 338 g/mol. The molecule has 0 N–H and O–H groups in total. The lowest BCUT2D eigenvalue weighted by atomic mass is 10.1. The topological polar surface area (TPSA) is 34.9 Å². The van der Waals surface area contributed by atoms with E-state index in [0.717, 1.165) is 34.8 Å². The zero-order chi connectivity index (χ0) is 18.0. The number of carbonyl (C=O) groups excluding carboxylic acids is 1. The summed E-state index contributed by atoms with van der Waals surface area (Å²) in [7, 11) is 0. The molecular weight excluding hydrogens is 322 g/mol. The van der Waals surface area contributed by atoms with Gasteiger partial charge in [0.2, 0.25) is 0 Å². The van der Waals surface area contributed by atoms with E-state index in [2.05, 4.69) is 5.10 Å². The van der Waals surface area contributed by atoms with Crippen LogP contribution in [0.5, 0.6) is 0 Å². The van der Waals surface area contributed by atoms with Crippen LogP contribution in [0, 0.1) is 25.5 Å². The number of benzene rings is 2. The van der Waals surface area contributed by atoms with Gasteiger partial charge < -0.3 is 0 Å². The highest BCUT2D eigenvalue weighted by Gasteiger charge is 2.15. The number of aromatic nitrogens is 2. The highest BCUT2D eigenvalue weighted by atomic mass is 19.1. The van der Waals surface area contributed by atoms with Crippen LogP contribution in [0.3, 0.4) is 0 Å². The monoisotopic (exact) mass is 338 g/mol. The van der Waals surface area contributed by atoms with Gasteiger partial charge in [-0.2, -0.15) is 5.10 Å². The van der Waals surface area contributed by atoms with Crippen LogP contribution in [-0.2, 0) is 0 Å². The molecule has 3 aromatic rings. The fraction of sp³-hybridized carbons (Fsp3) is 0.100. The second-order valence-corrected chi connectivity index (χ2v) is 5.63. The lowest BCUT2D eigenvalue weighted by Crippen LogP contribution is -2.02. The minimum Gasteiger partial charge on any atom is -0.289 e. The second kappa shape index (κ2) is 6.81. The third-order valence-corrected chi connectivity index (χ3v) is 3.96. The Bertz CT molecular complexity index is 939. The van der Waals surface area contributed by atoms with Crippen LogP contribution in [0.15, 0.2) is 54.6 Å². The first-order valence-electron chi connectivity index (χ1n) is 7.77. The Morgan fingerprint density at radius 1 is 1.00 bits per heavy atom. The first-order chi connectivity index (χ1) is 12.0. The second-order valence-electron chi connectivity index (χ2n) is 5.63. The van der Waals surface area contributed by atoms with E-state index in [1.165, 1.54) is 12.1 Å². The predicted molar refractivity (Wildman–Crippen MR) is 92.8 cm³/mol. The Balaban J connectivity index is 1.95. The van der Waals surface area contributed by atoms with Crippen LogP contribution in [0.1, 0.15) is 27.3 Å². The van der Waals surface area contributed by atoms with E-state index in [1.807, 2.05) is 44.2 Å². The molecule has 0 unspecified atom stereocenters. The van der Waals surface area contributed by atoms with Crippen LogP contribution >= 0.6 is 0 Å². The maximum absolute atomic E-state index is 13.7. The van der Waals surface area contributed by atoms with E-state index in [1.54, 1.807) is 10.8 Å². The zero-order valence-electron chi connectivity index (χ0n) is 13.8. The van der Waals surface area contributed by atoms with Crippen molar-refractivity contribution in [3.05, 3.63) is 88.8 Å². The Labute approximate surface area is 144 Å². The Kier molecular flexibility index (Phi) is 4.57. The summed E-state index contributed by atoms with van der Waals surface area (Å²) in [6.45, 7) is 3.70. The van der Waals surface area contributed by atoms with E-state index in [9.17, 15) is 13.6 Å². The molecule has 0 bridgehead atoms. The van der Waals surface area contributed by atoms with E-state index >= 15 is 0 Å². The van der Waals surface area contributed by atoms with Crippen molar-refractivity contribution in [1.29, 1.82) is 0 Å². The molecule has 25 heavy (non-hydrogen) atoms. The summed E-state index contributed by atoms with van der Waals surface area (Å²) in [5.74, 6) is -2.46. The summed E-state index contributed by atoms with van der Waals surface area (Å²) in [6, 6.07) is 12.9. The number of halogens is 2. The van der Waals surface area contributed by atoms with Crippen LogP contribution in [-0.4, -0.2) is 15.6 Å². The summed E-state index contributed by atoms with van der Waals surface area (Å²) in [5, 5.41) is 4.47. The van der Waals surface area contributed by atoms with Crippen molar-refractivity contribution in [2.24, 2.45) is 0 Å². The first-order valence-corrected chi connectivity index (χ1v) is 7.77. The van der Waals surface area contributed by atoms with Crippen molar-refractivity contribution in [2.45, 2.75) is 13.8 Å². The minimum atomic E-state index is -0.872. The van der Waals surface area contributed by atoms with Gasteiger partial charge in [-0.1, -0.05) is 24.3 Å². The van der Waals surface area contributed by atoms with Gasteiger partial charge in [-0.3, -0.25) is 4.79 Å². The molecule has 2 aromatic carbocycles. The molecule has 0 radical (unpaired) electrons. The van der Waals surface area contributed by atoms with Crippen LogP contribution in [0.4, 0.5) is 8.78 Å². The molecule has 5 heteroatoms. The molecule has 0 fully saturated rings. The summed E-state index contributed by atoms with van der Waals surface area (Å²) >= 11 is 0. The number of para-hydroxylation sites is 1. The zero-order valence-corrected chi connectivity index (χ0v) is 13.8. The molecule has 1 aromatic heterocycles. The Morgan fingerprint density at radius 2 is 1.64 bits per heavy atom. The van der Waals surface area contributed by atoms with E-state index in [0.29, 0.717) is 0 Å². The molecule has 0 amide bonds. The first kappa shape index (κ1) is 16.8. The van der Waals surface area contributed by atoms with Gasteiger partial charge in [0.15, 0.2) is 5.78 Å². The summed E-state index contributed by atoms with van der Waals surface area (Å²) in [6.07, 6.45) is 2.72. The number of hydrogen-bond donors (Lipinski definition) is 0. The summed E-state index contributed by atoms with van der Waals surface area (Å²) < 4.78 is 29.2. The third kappa shape index (κ3) is 3.26. The number of nitrogens with zero attached hydrogens (tertiary/aromatic N) is 2. The molecule has 0 aliphatic heterocycles. The van der Waals surface area contributed by atoms with Gasteiger partial charge in [0.1, 0.15) is 11.6 Å². The van der Waals surface area contributed by atoms with Crippen molar-refractivity contribution in [3.63, 3.8) is 0 Å². The van der Waals surface area contributed by atoms with Gasteiger partial charge in [0.05, 0.1) is 16.9 Å². The van der Waals surface area contributed by atoms with Crippen molar-refractivity contribution in [2.75, 3.05) is 0 Å². The fourth-order valence-electron chi connectivity index (χ4n) is 2.69. The smallest absolute Gasteiger partial charge is 0.191 e. The van der Waals surface area contributed by atoms with E-state index in [4.69, 9.17) is 0 Å². The number of allylic oxidation sites excluding steroid dienone is 1. The van der Waals surface area contributed by atoms with Crippen molar-refractivity contribution in [3.8, 4) is 5.69 Å². The normalized spacial score (nSPS) is 11.2. The van der Waals surface area contributed by atoms with Crippen molar-refractivity contribution >= 4 is 11.9 Å². The molecule has 0 atom stereocenters. The molecule has 126 valence electrons. The molecule has 1 heterocycles. The summed E-state index contributed by atoms with van der Waals surface area (Å²) in [5.41, 5.74) is 2.65. The standard InChI is InChI=1S/C20H16F2N2O/c1-13-16(14(2)24(23-13)15-7-4-3-5-8-15)11-12-19(25)20-17(21)9-6-10-18(20)22/h3-12H,1-2H3/b12-11+. The maximum Gasteiger partial charge on any atom is 0.191 e. The van der Waals surface area contributed by atoms with Crippen molar-refractivity contribution in [1.82, 2.24) is 9.78 Å². The van der Waals surface area contributed by atoms with Gasteiger partial charge in [0, 0.05) is 11.3 Å². The van der Waals surface area contributed by atoms with Crippen LogP contribution in [0.25, 0.3) is 11.8 Å². The van der Waals surface area contributed by atoms with Gasteiger partial charge in [0.25, 0.3) is 0 Å². The number of ketones is 1. The SMILES string of the molecule is Cc1nn(-c2ccccc2)c(C)c1/C=C/C(=O)c1c(F)cccc1F. The van der Waals surface area contributed by atoms with Gasteiger partial charge >= 0.3 is 0 Å². The number of aryl methyl sites for hydroxylation is 1. The van der Waals surface area contributed by atoms with Crippen LogP contribution < -0.4 is 0 Å². The van der Waals surface area contributed by atoms with Gasteiger partial charge in [-0.25, -0.2) is 13.5 Å². The average Bonchev–Trinajstić information content (AvgIpc) is 2.88. The highest BCUT2D eigenvalue weighted by molar-refractivity contribution is 6.07. The molecule has 3 nitrogen and oxygen atoms in total. The van der Waals surface area contributed by atoms with Crippen LogP contribution in [0.2, 0.25) is 0 Å². The number of rotatable bonds is 4. The number of hydrogen-bond acceptors (Lipinski definition) is 2. The Morgan fingerprint density at radius 3 is 2.28 bits per heavy atom. The lowest BCUT2D eigenvalue weighted by Gasteiger charge is -2.03.